The quantitative estimate of drug-likeness (QED) is 0.424. The summed E-state index contributed by atoms with van der Waals surface area (Å²) >= 11 is 0. The number of hydrogen-bond acceptors (Lipinski definition) is 3. The van der Waals surface area contributed by atoms with E-state index in [9.17, 15) is 9.18 Å². The molecular formula is C28H29FN4O. The Balaban J connectivity index is 1.34. The molecule has 1 amide bonds. The highest BCUT2D eigenvalue weighted by Crippen LogP contribution is 2.31. The van der Waals surface area contributed by atoms with Crippen LogP contribution in [0.4, 0.5) is 4.39 Å². The molecule has 1 aliphatic rings. The molecule has 5 rings (SSSR count). The number of nitrogens with zero attached hydrogens (tertiary/aromatic N) is 4. The van der Waals surface area contributed by atoms with Crippen molar-refractivity contribution in [3.05, 3.63) is 107 Å². The van der Waals surface area contributed by atoms with E-state index >= 15 is 0 Å². The van der Waals surface area contributed by atoms with Crippen LogP contribution in [-0.4, -0.2) is 51.3 Å². The fourth-order valence-electron chi connectivity index (χ4n) is 4.79. The third-order valence-electron chi connectivity index (χ3n) is 6.69. The number of aryl methyl sites for hydroxylation is 1. The number of hydrogen-bond donors (Lipinski definition) is 0. The maximum absolute atomic E-state index is 14.9. The zero-order chi connectivity index (χ0) is 23.5. The molecule has 0 saturated carbocycles. The van der Waals surface area contributed by atoms with E-state index in [4.69, 9.17) is 0 Å². The molecule has 1 saturated heterocycles. The van der Waals surface area contributed by atoms with Gasteiger partial charge < -0.3 is 9.30 Å². The van der Waals surface area contributed by atoms with Crippen molar-refractivity contribution in [2.75, 3.05) is 26.2 Å². The largest absolute Gasteiger partial charge is 0.340 e. The first-order valence-electron chi connectivity index (χ1n) is 11.8. The van der Waals surface area contributed by atoms with Crippen LogP contribution in [0.3, 0.4) is 0 Å². The van der Waals surface area contributed by atoms with Crippen molar-refractivity contribution in [1.82, 2.24) is 19.2 Å². The van der Waals surface area contributed by atoms with Gasteiger partial charge in [0.2, 0.25) is 5.91 Å². The number of benzene rings is 2. The van der Waals surface area contributed by atoms with Crippen molar-refractivity contribution in [2.45, 2.75) is 25.8 Å². The predicted molar refractivity (Wildman–Crippen MR) is 131 cm³/mol. The zero-order valence-corrected chi connectivity index (χ0v) is 19.4. The summed E-state index contributed by atoms with van der Waals surface area (Å²) in [5, 5.41) is 0. The molecule has 5 nitrogen and oxygen atoms in total. The Morgan fingerprint density at radius 2 is 1.74 bits per heavy atom. The second kappa shape index (κ2) is 9.77. The fraction of sp³-hybridized carbons (Fsp3) is 0.286. The van der Waals surface area contributed by atoms with Crippen LogP contribution in [-0.2, 0) is 11.3 Å². The minimum atomic E-state index is -0.409. The van der Waals surface area contributed by atoms with Crippen molar-refractivity contribution in [2.24, 2.45) is 0 Å². The summed E-state index contributed by atoms with van der Waals surface area (Å²) in [6.07, 6.45) is 3.94. The summed E-state index contributed by atoms with van der Waals surface area (Å²) in [4.78, 5) is 22.2. The lowest BCUT2D eigenvalue weighted by molar-refractivity contribution is -0.133. The van der Waals surface area contributed by atoms with E-state index < -0.39 is 5.92 Å². The molecule has 1 unspecified atom stereocenters. The van der Waals surface area contributed by atoms with Gasteiger partial charge in [-0.15, -0.1) is 0 Å². The van der Waals surface area contributed by atoms with Crippen LogP contribution in [0.2, 0.25) is 0 Å². The van der Waals surface area contributed by atoms with Crippen LogP contribution in [0.15, 0.2) is 79.1 Å². The van der Waals surface area contributed by atoms with Crippen molar-refractivity contribution in [3.63, 3.8) is 0 Å². The van der Waals surface area contributed by atoms with Gasteiger partial charge in [0.1, 0.15) is 11.5 Å². The molecule has 1 fully saturated rings. The summed E-state index contributed by atoms with van der Waals surface area (Å²) in [7, 11) is 0. The molecule has 4 aromatic rings. The number of piperazine rings is 1. The Hall–Kier alpha value is -3.51. The molecule has 0 bridgehead atoms. The van der Waals surface area contributed by atoms with Gasteiger partial charge in [0.05, 0.1) is 5.69 Å². The first-order valence-corrected chi connectivity index (χ1v) is 11.8. The van der Waals surface area contributed by atoms with Gasteiger partial charge in [-0.1, -0.05) is 48.5 Å². The van der Waals surface area contributed by atoms with Gasteiger partial charge in [-0.3, -0.25) is 9.69 Å². The normalized spacial score (nSPS) is 15.5. The van der Waals surface area contributed by atoms with Gasteiger partial charge in [0, 0.05) is 57.5 Å². The highest BCUT2D eigenvalue weighted by Gasteiger charge is 2.28. The average Bonchev–Trinajstić information content (AvgIpc) is 3.27. The number of aromatic nitrogens is 2. The summed E-state index contributed by atoms with van der Waals surface area (Å²) in [6, 6.07) is 21.1. The van der Waals surface area contributed by atoms with Gasteiger partial charge in [-0.2, -0.15) is 0 Å². The Morgan fingerprint density at radius 3 is 2.50 bits per heavy atom. The first-order chi connectivity index (χ1) is 16.6. The van der Waals surface area contributed by atoms with Crippen LogP contribution in [0.5, 0.6) is 0 Å². The van der Waals surface area contributed by atoms with E-state index in [0.29, 0.717) is 18.7 Å². The summed E-state index contributed by atoms with van der Waals surface area (Å²) in [5.41, 5.74) is 4.55. The Kier molecular flexibility index (Phi) is 6.41. The van der Waals surface area contributed by atoms with Crippen LogP contribution in [0.1, 0.15) is 34.7 Å². The standard InChI is InChI=1S/C28H29FN4O/c1-21-11-12-33-26(19-30-27(33)17-21)24(23-9-5-6-10-25(23)29)18-28(34)32-15-13-31(14-16-32)20-22-7-3-2-4-8-22/h2-12,17,19,24H,13-16,18,20H2,1H3. The van der Waals surface area contributed by atoms with Gasteiger partial charge >= 0.3 is 0 Å². The maximum atomic E-state index is 14.9. The highest BCUT2D eigenvalue weighted by atomic mass is 19.1. The molecule has 0 N–H and O–H groups in total. The number of imidazole rings is 1. The third-order valence-corrected chi connectivity index (χ3v) is 6.69. The molecule has 1 aliphatic heterocycles. The smallest absolute Gasteiger partial charge is 0.223 e. The molecule has 2 aromatic heterocycles. The molecule has 1 atom stereocenters. The van der Waals surface area contributed by atoms with Crippen LogP contribution >= 0.6 is 0 Å². The Morgan fingerprint density at radius 1 is 1.00 bits per heavy atom. The van der Waals surface area contributed by atoms with E-state index in [0.717, 1.165) is 36.5 Å². The minimum absolute atomic E-state index is 0.0506. The monoisotopic (exact) mass is 456 g/mol. The highest BCUT2D eigenvalue weighted by molar-refractivity contribution is 5.78. The topological polar surface area (TPSA) is 40.9 Å². The lowest BCUT2D eigenvalue weighted by atomic mass is 9.91. The molecule has 3 heterocycles. The molecular weight excluding hydrogens is 427 g/mol. The Bertz CT molecular complexity index is 1280. The Labute approximate surface area is 199 Å². The van der Waals surface area contributed by atoms with Crippen LogP contribution in [0.25, 0.3) is 5.65 Å². The van der Waals surface area contributed by atoms with Gasteiger partial charge in [0.25, 0.3) is 0 Å². The molecule has 0 spiro atoms. The van der Waals surface area contributed by atoms with E-state index in [-0.39, 0.29) is 18.1 Å². The van der Waals surface area contributed by atoms with E-state index in [1.165, 1.54) is 11.6 Å². The maximum Gasteiger partial charge on any atom is 0.223 e. The van der Waals surface area contributed by atoms with Crippen LogP contribution in [0, 0.1) is 12.7 Å². The number of carbonyl (C=O) groups is 1. The number of fused-ring (bicyclic) bond motifs is 1. The van der Waals surface area contributed by atoms with Crippen molar-refractivity contribution in [1.29, 1.82) is 0 Å². The SMILES string of the molecule is Cc1ccn2c(C(CC(=O)N3CCN(Cc4ccccc4)CC3)c3ccccc3F)cnc2c1. The van der Waals surface area contributed by atoms with Crippen molar-refractivity contribution >= 4 is 11.6 Å². The van der Waals surface area contributed by atoms with Gasteiger partial charge in [0.15, 0.2) is 0 Å². The zero-order valence-electron chi connectivity index (χ0n) is 19.4. The van der Waals surface area contributed by atoms with E-state index in [2.05, 4.69) is 34.1 Å². The summed E-state index contributed by atoms with van der Waals surface area (Å²) in [6.45, 7) is 5.94. The molecule has 6 heteroatoms. The summed E-state index contributed by atoms with van der Waals surface area (Å²) < 4.78 is 16.9. The number of carbonyl (C=O) groups excluding carboxylic acids is 1. The molecule has 0 radical (unpaired) electrons. The van der Waals surface area contributed by atoms with Crippen molar-refractivity contribution in [3.8, 4) is 0 Å². The predicted octanol–water partition coefficient (Wildman–Crippen LogP) is 4.65. The second-order valence-electron chi connectivity index (χ2n) is 9.04. The molecule has 34 heavy (non-hydrogen) atoms. The van der Waals surface area contributed by atoms with Gasteiger partial charge in [-0.25, -0.2) is 9.37 Å². The number of rotatable bonds is 6. The number of halogens is 1. The van der Waals surface area contributed by atoms with E-state index in [1.54, 1.807) is 18.3 Å². The van der Waals surface area contributed by atoms with Gasteiger partial charge in [-0.05, 0) is 41.8 Å². The minimum Gasteiger partial charge on any atom is -0.340 e. The number of pyridine rings is 1. The summed E-state index contributed by atoms with van der Waals surface area (Å²) in [5.74, 6) is -0.654. The van der Waals surface area contributed by atoms with E-state index in [1.807, 2.05) is 46.7 Å². The second-order valence-corrected chi connectivity index (χ2v) is 9.04. The molecule has 2 aromatic carbocycles. The first kappa shape index (κ1) is 22.3. The molecule has 174 valence electrons. The fourth-order valence-corrected chi connectivity index (χ4v) is 4.79. The third kappa shape index (κ3) is 4.73. The lowest BCUT2D eigenvalue weighted by Gasteiger charge is -2.35. The average molecular weight is 457 g/mol. The van der Waals surface area contributed by atoms with Crippen molar-refractivity contribution < 1.29 is 9.18 Å². The lowest BCUT2D eigenvalue weighted by Crippen LogP contribution is -2.48. The number of amides is 1. The molecule has 0 aliphatic carbocycles. The van der Waals surface area contributed by atoms with Crippen LogP contribution < -0.4 is 0 Å².